The van der Waals surface area contributed by atoms with E-state index in [0.717, 1.165) is 24.0 Å². The highest BCUT2D eigenvalue weighted by Gasteiger charge is 2.15. The van der Waals surface area contributed by atoms with Gasteiger partial charge in [-0.3, -0.25) is 0 Å². The van der Waals surface area contributed by atoms with Crippen LogP contribution in [-0.4, -0.2) is 5.54 Å². The molecule has 0 aliphatic carbocycles. The lowest BCUT2D eigenvalue weighted by Crippen LogP contribution is -2.34. The Morgan fingerprint density at radius 2 is 1.82 bits per heavy atom. The molecule has 0 spiro atoms. The highest BCUT2D eigenvalue weighted by molar-refractivity contribution is 5.28. The number of nitrogens with two attached hydrogens (primary N) is 1. The molecule has 0 amide bonds. The van der Waals surface area contributed by atoms with E-state index in [4.69, 9.17) is 5.73 Å². The molecule has 1 nitrogen and oxygen atoms in total. The second-order valence-corrected chi connectivity index (χ2v) is 5.53. The van der Waals surface area contributed by atoms with Crippen molar-refractivity contribution < 1.29 is 4.39 Å². The molecule has 0 aliphatic heterocycles. The van der Waals surface area contributed by atoms with Crippen LogP contribution < -0.4 is 5.73 Å². The van der Waals surface area contributed by atoms with Crippen LogP contribution in [0.4, 0.5) is 4.39 Å². The molecule has 96 valence electrons. The first kappa shape index (κ1) is 14.2. The van der Waals surface area contributed by atoms with Crippen LogP contribution in [0.25, 0.3) is 0 Å². The quantitative estimate of drug-likeness (QED) is 0.822. The average Bonchev–Trinajstić information content (AvgIpc) is 2.20. The Bertz CT molecular complexity index is 362. The molecule has 0 aliphatic rings. The first-order valence-corrected chi connectivity index (χ1v) is 6.44. The minimum absolute atomic E-state index is 0.0829. The van der Waals surface area contributed by atoms with Crippen LogP contribution in [0.5, 0.6) is 0 Å². The summed E-state index contributed by atoms with van der Waals surface area (Å²) in [4.78, 5) is 0. The highest BCUT2D eigenvalue weighted by Crippen LogP contribution is 2.26. The Kier molecular flexibility index (Phi) is 4.70. The zero-order chi connectivity index (χ0) is 13.1. The van der Waals surface area contributed by atoms with E-state index in [1.54, 1.807) is 6.07 Å². The fourth-order valence-electron chi connectivity index (χ4n) is 2.27. The van der Waals surface area contributed by atoms with Gasteiger partial charge in [0.1, 0.15) is 5.82 Å². The van der Waals surface area contributed by atoms with Crippen molar-refractivity contribution in [2.45, 2.75) is 58.4 Å². The molecule has 0 bridgehead atoms. The van der Waals surface area contributed by atoms with Crippen LogP contribution in [0, 0.1) is 5.82 Å². The van der Waals surface area contributed by atoms with Crippen molar-refractivity contribution >= 4 is 0 Å². The Labute approximate surface area is 104 Å². The summed E-state index contributed by atoms with van der Waals surface area (Å²) in [5.41, 5.74) is 7.47. The number of hydrogen-bond donors (Lipinski definition) is 1. The summed E-state index contributed by atoms with van der Waals surface area (Å²) in [6.07, 6.45) is 2.66. The first-order valence-electron chi connectivity index (χ1n) is 6.44. The van der Waals surface area contributed by atoms with E-state index in [0.29, 0.717) is 12.3 Å². The molecule has 0 fully saturated rings. The van der Waals surface area contributed by atoms with Crippen molar-refractivity contribution in [1.29, 1.82) is 0 Å². The molecule has 0 heterocycles. The molecular weight excluding hydrogens is 213 g/mol. The molecule has 0 radical (unpaired) electrons. The summed E-state index contributed by atoms with van der Waals surface area (Å²) in [5.74, 6) is 0.246. The predicted molar refractivity (Wildman–Crippen MR) is 71.7 cm³/mol. The largest absolute Gasteiger partial charge is 0.325 e. The van der Waals surface area contributed by atoms with Gasteiger partial charge in [0, 0.05) is 5.54 Å². The van der Waals surface area contributed by atoms with Gasteiger partial charge in [-0.1, -0.05) is 26.0 Å². The van der Waals surface area contributed by atoms with Crippen molar-refractivity contribution in [3.8, 4) is 0 Å². The fraction of sp³-hybridized carbons (Fsp3) is 0.600. The molecule has 0 unspecified atom stereocenters. The molecule has 2 heteroatoms. The summed E-state index contributed by atoms with van der Waals surface area (Å²) in [6.45, 7) is 8.12. The van der Waals surface area contributed by atoms with Gasteiger partial charge in [-0.25, -0.2) is 4.39 Å². The smallest absolute Gasteiger partial charge is 0.126 e. The van der Waals surface area contributed by atoms with Crippen LogP contribution in [0.1, 0.15) is 57.6 Å². The third-order valence-electron chi connectivity index (χ3n) is 3.15. The molecule has 2 N–H and O–H groups in total. The third kappa shape index (κ3) is 4.12. The molecule has 17 heavy (non-hydrogen) atoms. The van der Waals surface area contributed by atoms with E-state index in [2.05, 4.69) is 13.8 Å². The first-order chi connectivity index (χ1) is 7.87. The molecule has 1 aromatic rings. The van der Waals surface area contributed by atoms with E-state index in [9.17, 15) is 4.39 Å². The maximum absolute atomic E-state index is 14.0. The van der Waals surface area contributed by atoms with Crippen molar-refractivity contribution in [3.05, 3.63) is 35.1 Å². The number of rotatable bonds is 5. The second kappa shape index (κ2) is 5.63. The number of benzene rings is 1. The van der Waals surface area contributed by atoms with Gasteiger partial charge in [-0.05, 0) is 56.2 Å². The number of hydrogen-bond acceptors (Lipinski definition) is 1. The zero-order valence-electron chi connectivity index (χ0n) is 11.4. The van der Waals surface area contributed by atoms with Crippen molar-refractivity contribution in [2.24, 2.45) is 5.73 Å². The van der Waals surface area contributed by atoms with Crippen LogP contribution in [0.3, 0.4) is 0 Å². The lowest BCUT2D eigenvalue weighted by molar-refractivity contribution is 0.511. The monoisotopic (exact) mass is 237 g/mol. The van der Waals surface area contributed by atoms with Gasteiger partial charge < -0.3 is 5.73 Å². The Morgan fingerprint density at radius 1 is 1.24 bits per heavy atom. The minimum atomic E-state index is -0.289. The highest BCUT2D eigenvalue weighted by atomic mass is 19.1. The van der Waals surface area contributed by atoms with Gasteiger partial charge in [0.15, 0.2) is 0 Å². The lowest BCUT2D eigenvalue weighted by Gasteiger charge is -2.20. The molecule has 0 saturated carbocycles. The fourth-order valence-corrected chi connectivity index (χ4v) is 2.27. The zero-order valence-corrected chi connectivity index (χ0v) is 11.4. The van der Waals surface area contributed by atoms with Gasteiger partial charge in [0.2, 0.25) is 0 Å². The van der Waals surface area contributed by atoms with E-state index in [1.807, 2.05) is 26.0 Å². The standard InChI is InChI=1S/C15H24FN/c1-5-12(6-2)13-8-7-11(9-14(13)16)10-15(3,4)17/h7-9,12H,5-6,10,17H2,1-4H3. The summed E-state index contributed by atoms with van der Waals surface area (Å²) in [7, 11) is 0. The van der Waals surface area contributed by atoms with Gasteiger partial charge in [0.25, 0.3) is 0 Å². The summed E-state index contributed by atoms with van der Waals surface area (Å²) in [6, 6.07) is 5.57. The van der Waals surface area contributed by atoms with Crippen LogP contribution >= 0.6 is 0 Å². The SMILES string of the molecule is CCC(CC)c1ccc(CC(C)(C)N)cc1F. The Balaban J connectivity index is 2.93. The van der Waals surface area contributed by atoms with Crippen molar-refractivity contribution in [3.63, 3.8) is 0 Å². The van der Waals surface area contributed by atoms with Crippen LogP contribution in [0.2, 0.25) is 0 Å². The molecule has 1 aromatic carbocycles. The summed E-state index contributed by atoms with van der Waals surface area (Å²) >= 11 is 0. The van der Waals surface area contributed by atoms with Gasteiger partial charge in [0.05, 0.1) is 0 Å². The van der Waals surface area contributed by atoms with Gasteiger partial charge >= 0.3 is 0 Å². The van der Waals surface area contributed by atoms with E-state index in [-0.39, 0.29) is 11.4 Å². The molecule has 0 saturated heterocycles. The van der Waals surface area contributed by atoms with Gasteiger partial charge in [-0.2, -0.15) is 0 Å². The third-order valence-corrected chi connectivity index (χ3v) is 3.15. The Hall–Kier alpha value is -0.890. The molecule has 0 atom stereocenters. The van der Waals surface area contributed by atoms with E-state index in [1.165, 1.54) is 0 Å². The second-order valence-electron chi connectivity index (χ2n) is 5.53. The molecule has 0 aromatic heterocycles. The minimum Gasteiger partial charge on any atom is -0.325 e. The molecular formula is C15H24FN. The van der Waals surface area contributed by atoms with Crippen LogP contribution in [0.15, 0.2) is 18.2 Å². The summed E-state index contributed by atoms with van der Waals surface area (Å²) in [5, 5.41) is 0. The van der Waals surface area contributed by atoms with Crippen LogP contribution in [-0.2, 0) is 6.42 Å². The number of halogens is 1. The average molecular weight is 237 g/mol. The normalized spacial score (nSPS) is 12.2. The lowest BCUT2D eigenvalue weighted by atomic mass is 9.90. The Morgan fingerprint density at radius 3 is 2.24 bits per heavy atom. The maximum atomic E-state index is 14.0. The molecule has 1 rings (SSSR count). The van der Waals surface area contributed by atoms with Crippen molar-refractivity contribution in [2.75, 3.05) is 0 Å². The van der Waals surface area contributed by atoms with E-state index >= 15 is 0 Å². The van der Waals surface area contributed by atoms with E-state index < -0.39 is 0 Å². The van der Waals surface area contributed by atoms with Gasteiger partial charge in [-0.15, -0.1) is 0 Å². The maximum Gasteiger partial charge on any atom is 0.126 e. The van der Waals surface area contributed by atoms with Crippen molar-refractivity contribution in [1.82, 2.24) is 0 Å². The summed E-state index contributed by atoms with van der Waals surface area (Å²) < 4.78 is 14.0. The topological polar surface area (TPSA) is 26.0 Å². The predicted octanol–water partition coefficient (Wildman–Crippen LogP) is 4.01.